The molecule has 3 aromatic carbocycles. The standard InChI is InChI=1S/C21H17NO4/c1-25-18-11-9-16(10-12-18)21(24)26-19-13-7-15(8-14-19)20(23)22-17-5-3-2-4-6-17/h2-14H,1H3,(H,22,23). The molecule has 0 saturated carbocycles. The predicted molar refractivity (Wildman–Crippen MR) is 98.8 cm³/mol. The zero-order chi connectivity index (χ0) is 18.4. The van der Waals surface area contributed by atoms with E-state index < -0.39 is 5.97 Å². The van der Waals surface area contributed by atoms with Gasteiger partial charge in [-0.05, 0) is 60.7 Å². The highest BCUT2D eigenvalue weighted by molar-refractivity contribution is 6.04. The second-order valence-corrected chi connectivity index (χ2v) is 5.46. The third kappa shape index (κ3) is 4.27. The van der Waals surface area contributed by atoms with E-state index in [0.29, 0.717) is 28.3 Å². The second kappa shape index (κ2) is 7.98. The number of rotatable bonds is 5. The number of carbonyl (C=O) groups is 2. The number of benzene rings is 3. The van der Waals surface area contributed by atoms with Gasteiger partial charge < -0.3 is 14.8 Å². The molecule has 0 unspecified atom stereocenters. The van der Waals surface area contributed by atoms with Gasteiger partial charge in [-0.25, -0.2) is 4.79 Å². The molecule has 0 aliphatic carbocycles. The molecule has 0 aliphatic heterocycles. The van der Waals surface area contributed by atoms with Gasteiger partial charge in [0.15, 0.2) is 0 Å². The van der Waals surface area contributed by atoms with Crippen LogP contribution < -0.4 is 14.8 Å². The fourth-order valence-corrected chi connectivity index (χ4v) is 2.29. The van der Waals surface area contributed by atoms with Crippen molar-refractivity contribution in [1.29, 1.82) is 0 Å². The highest BCUT2D eigenvalue weighted by Gasteiger charge is 2.10. The first kappa shape index (κ1) is 17.2. The number of amides is 1. The highest BCUT2D eigenvalue weighted by Crippen LogP contribution is 2.17. The Morgan fingerprint density at radius 1 is 0.731 bits per heavy atom. The summed E-state index contributed by atoms with van der Waals surface area (Å²) < 4.78 is 10.4. The van der Waals surface area contributed by atoms with Gasteiger partial charge in [0, 0.05) is 11.3 Å². The summed E-state index contributed by atoms with van der Waals surface area (Å²) in [7, 11) is 1.56. The van der Waals surface area contributed by atoms with Crippen LogP contribution in [0, 0.1) is 0 Å². The van der Waals surface area contributed by atoms with Crippen molar-refractivity contribution < 1.29 is 19.1 Å². The smallest absolute Gasteiger partial charge is 0.343 e. The maximum Gasteiger partial charge on any atom is 0.343 e. The lowest BCUT2D eigenvalue weighted by Crippen LogP contribution is -2.12. The molecule has 1 amide bonds. The van der Waals surface area contributed by atoms with E-state index in [-0.39, 0.29) is 5.91 Å². The van der Waals surface area contributed by atoms with Gasteiger partial charge in [0.2, 0.25) is 0 Å². The lowest BCUT2D eigenvalue weighted by atomic mass is 10.2. The molecule has 0 aromatic heterocycles. The summed E-state index contributed by atoms with van der Waals surface area (Å²) in [6, 6.07) is 22.2. The van der Waals surface area contributed by atoms with Crippen molar-refractivity contribution in [2.24, 2.45) is 0 Å². The Hall–Kier alpha value is -3.60. The van der Waals surface area contributed by atoms with E-state index in [1.165, 1.54) is 0 Å². The van der Waals surface area contributed by atoms with Crippen LogP contribution in [0.1, 0.15) is 20.7 Å². The van der Waals surface area contributed by atoms with Crippen LogP contribution in [0.4, 0.5) is 5.69 Å². The fraction of sp³-hybridized carbons (Fsp3) is 0.0476. The summed E-state index contributed by atoms with van der Waals surface area (Å²) >= 11 is 0. The molecular weight excluding hydrogens is 330 g/mol. The predicted octanol–water partition coefficient (Wildman–Crippen LogP) is 4.17. The third-order valence-electron chi connectivity index (χ3n) is 3.68. The Balaban J connectivity index is 1.63. The number of esters is 1. The van der Waals surface area contributed by atoms with Gasteiger partial charge in [0.05, 0.1) is 12.7 Å². The van der Waals surface area contributed by atoms with Crippen LogP contribution in [0.2, 0.25) is 0 Å². The SMILES string of the molecule is COc1ccc(C(=O)Oc2ccc(C(=O)Nc3ccccc3)cc2)cc1. The van der Waals surface area contributed by atoms with Crippen LogP contribution in [0.15, 0.2) is 78.9 Å². The van der Waals surface area contributed by atoms with E-state index in [2.05, 4.69) is 5.32 Å². The number of ether oxygens (including phenoxy) is 2. The lowest BCUT2D eigenvalue weighted by molar-refractivity contribution is 0.0734. The van der Waals surface area contributed by atoms with Gasteiger partial charge in [0.1, 0.15) is 11.5 Å². The van der Waals surface area contributed by atoms with Gasteiger partial charge in [-0.1, -0.05) is 18.2 Å². The van der Waals surface area contributed by atoms with Crippen molar-refractivity contribution in [2.45, 2.75) is 0 Å². The van der Waals surface area contributed by atoms with Crippen molar-refractivity contribution >= 4 is 17.6 Å². The second-order valence-electron chi connectivity index (χ2n) is 5.46. The zero-order valence-corrected chi connectivity index (χ0v) is 14.1. The molecule has 0 atom stereocenters. The number of hydrogen-bond acceptors (Lipinski definition) is 4. The monoisotopic (exact) mass is 347 g/mol. The molecular formula is C21H17NO4. The molecule has 0 radical (unpaired) electrons. The van der Waals surface area contributed by atoms with E-state index in [4.69, 9.17) is 9.47 Å². The van der Waals surface area contributed by atoms with Gasteiger partial charge >= 0.3 is 5.97 Å². The van der Waals surface area contributed by atoms with Crippen LogP contribution in [0.25, 0.3) is 0 Å². The number of carbonyl (C=O) groups excluding carboxylic acids is 2. The van der Waals surface area contributed by atoms with Gasteiger partial charge in [-0.3, -0.25) is 4.79 Å². The molecule has 3 aromatic rings. The quantitative estimate of drug-likeness (QED) is 0.556. The van der Waals surface area contributed by atoms with Crippen LogP contribution >= 0.6 is 0 Å². The zero-order valence-electron chi connectivity index (χ0n) is 14.1. The van der Waals surface area contributed by atoms with Crippen molar-refractivity contribution in [3.8, 4) is 11.5 Å². The van der Waals surface area contributed by atoms with Crippen LogP contribution in [0.3, 0.4) is 0 Å². The molecule has 5 heteroatoms. The first-order valence-electron chi connectivity index (χ1n) is 7.98. The minimum absolute atomic E-state index is 0.232. The maximum absolute atomic E-state index is 12.2. The Kier molecular flexibility index (Phi) is 5.29. The normalized spacial score (nSPS) is 10.0. The van der Waals surface area contributed by atoms with E-state index >= 15 is 0 Å². The number of methoxy groups -OCH3 is 1. The molecule has 3 rings (SSSR count). The van der Waals surface area contributed by atoms with Crippen molar-refractivity contribution in [3.63, 3.8) is 0 Å². The summed E-state index contributed by atoms with van der Waals surface area (Å²) in [6.45, 7) is 0. The first-order chi connectivity index (χ1) is 12.7. The fourth-order valence-electron chi connectivity index (χ4n) is 2.29. The molecule has 130 valence electrons. The topological polar surface area (TPSA) is 64.6 Å². The summed E-state index contributed by atoms with van der Waals surface area (Å²) in [5, 5.41) is 2.80. The lowest BCUT2D eigenvalue weighted by Gasteiger charge is -2.07. The minimum atomic E-state index is -0.478. The van der Waals surface area contributed by atoms with Crippen molar-refractivity contribution in [1.82, 2.24) is 0 Å². The number of nitrogens with one attached hydrogen (secondary N) is 1. The summed E-state index contributed by atoms with van der Waals surface area (Å²) in [5.74, 6) is 0.316. The molecule has 0 heterocycles. The van der Waals surface area contributed by atoms with Crippen molar-refractivity contribution in [3.05, 3.63) is 90.0 Å². The number of hydrogen-bond donors (Lipinski definition) is 1. The number of para-hydroxylation sites is 1. The van der Waals surface area contributed by atoms with Gasteiger partial charge in [0.25, 0.3) is 5.91 Å². The highest BCUT2D eigenvalue weighted by atomic mass is 16.5. The van der Waals surface area contributed by atoms with Gasteiger partial charge in [-0.15, -0.1) is 0 Å². The molecule has 0 aliphatic rings. The molecule has 0 fully saturated rings. The van der Waals surface area contributed by atoms with Crippen LogP contribution in [-0.4, -0.2) is 19.0 Å². The Morgan fingerprint density at radius 3 is 1.92 bits per heavy atom. The van der Waals surface area contributed by atoms with E-state index in [1.54, 1.807) is 55.6 Å². The van der Waals surface area contributed by atoms with Crippen molar-refractivity contribution in [2.75, 3.05) is 12.4 Å². The average molecular weight is 347 g/mol. The molecule has 1 N–H and O–H groups in total. The summed E-state index contributed by atoms with van der Waals surface area (Å²) in [5.41, 5.74) is 1.60. The molecule has 0 spiro atoms. The minimum Gasteiger partial charge on any atom is -0.497 e. The van der Waals surface area contributed by atoms with E-state index in [1.807, 2.05) is 30.3 Å². The largest absolute Gasteiger partial charge is 0.497 e. The Bertz CT molecular complexity index is 888. The Labute approximate surface area is 151 Å². The number of anilines is 1. The molecule has 0 bridgehead atoms. The maximum atomic E-state index is 12.2. The van der Waals surface area contributed by atoms with E-state index in [9.17, 15) is 9.59 Å². The summed E-state index contributed by atoms with van der Waals surface area (Å²) in [4.78, 5) is 24.3. The average Bonchev–Trinajstić information content (AvgIpc) is 2.69. The molecule has 26 heavy (non-hydrogen) atoms. The van der Waals surface area contributed by atoms with Gasteiger partial charge in [-0.2, -0.15) is 0 Å². The molecule has 5 nitrogen and oxygen atoms in total. The third-order valence-corrected chi connectivity index (χ3v) is 3.68. The van der Waals surface area contributed by atoms with E-state index in [0.717, 1.165) is 0 Å². The van der Waals surface area contributed by atoms with Crippen LogP contribution in [0.5, 0.6) is 11.5 Å². The van der Waals surface area contributed by atoms with Crippen LogP contribution in [-0.2, 0) is 0 Å². The summed E-state index contributed by atoms with van der Waals surface area (Å²) in [6.07, 6.45) is 0. The first-order valence-corrected chi connectivity index (χ1v) is 7.98. The molecule has 0 saturated heterocycles. The Morgan fingerprint density at radius 2 is 1.31 bits per heavy atom.